The van der Waals surface area contributed by atoms with Crippen LogP contribution < -0.4 is 0 Å². The first kappa shape index (κ1) is 8.34. The van der Waals surface area contributed by atoms with E-state index >= 15 is 0 Å². The number of nitrogens with zero attached hydrogens (tertiary/aromatic N) is 2. The summed E-state index contributed by atoms with van der Waals surface area (Å²) in [7, 11) is 1.64. The maximum atomic E-state index is 10.9. The molecular formula is C8H9N3O. The second-order valence-electron chi connectivity index (χ2n) is 2.39. The van der Waals surface area contributed by atoms with Gasteiger partial charge in [-0.3, -0.25) is 9.89 Å². The third-order valence-corrected chi connectivity index (χ3v) is 1.44. The van der Waals surface area contributed by atoms with Gasteiger partial charge in [-0.25, -0.2) is 0 Å². The predicted molar refractivity (Wildman–Crippen MR) is 43.9 cm³/mol. The molecule has 0 aliphatic carbocycles. The zero-order valence-corrected chi connectivity index (χ0v) is 6.74. The SMILES string of the molecule is C#CC(=O)N(C)Cc1ccn[nH]1. The largest absolute Gasteiger partial charge is 0.329 e. The van der Waals surface area contributed by atoms with E-state index < -0.39 is 0 Å². The van der Waals surface area contributed by atoms with Crippen molar-refractivity contribution in [3.05, 3.63) is 18.0 Å². The third kappa shape index (κ3) is 1.86. The molecule has 1 N–H and O–H groups in total. The zero-order valence-electron chi connectivity index (χ0n) is 6.74. The van der Waals surface area contributed by atoms with Crippen LogP contribution in [0.5, 0.6) is 0 Å². The van der Waals surface area contributed by atoms with Crippen molar-refractivity contribution in [1.29, 1.82) is 0 Å². The maximum absolute atomic E-state index is 10.9. The van der Waals surface area contributed by atoms with E-state index in [0.29, 0.717) is 6.54 Å². The number of hydrogen-bond donors (Lipinski definition) is 1. The van der Waals surface area contributed by atoms with Crippen molar-refractivity contribution in [2.24, 2.45) is 0 Å². The van der Waals surface area contributed by atoms with Crippen molar-refractivity contribution in [3.8, 4) is 12.3 Å². The predicted octanol–water partition coefficient (Wildman–Crippen LogP) is 0.00130. The summed E-state index contributed by atoms with van der Waals surface area (Å²) in [6.07, 6.45) is 6.56. The molecule has 0 saturated carbocycles. The fraction of sp³-hybridized carbons (Fsp3) is 0.250. The Labute approximate surface area is 70.6 Å². The van der Waals surface area contributed by atoms with E-state index in [4.69, 9.17) is 6.42 Å². The molecule has 1 aromatic rings. The van der Waals surface area contributed by atoms with Gasteiger partial charge in [0, 0.05) is 13.2 Å². The van der Waals surface area contributed by atoms with Crippen LogP contribution in [0.1, 0.15) is 5.69 Å². The summed E-state index contributed by atoms with van der Waals surface area (Å²) < 4.78 is 0. The van der Waals surface area contributed by atoms with Crippen molar-refractivity contribution in [2.75, 3.05) is 7.05 Å². The molecule has 0 atom stereocenters. The monoisotopic (exact) mass is 163 g/mol. The summed E-state index contributed by atoms with van der Waals surface area (Å²) in [6, 6.07) is 1.79. The number of hydrogen-bond acceptors (Lipinski definition) is 2. The summed E-state index contributed by atoms with van der Waals surface area (Å²) in [5.74, 6) is 1.70. The Balaban J connectivity index is 2.54. The van der Waals surface area contributed by atoms with Crippen molar-refractivity contribution < 1.29 is 4.79 Å². The van der Waals surface area contributed by atoms with E-state index in [1.54, 1.807) is 19.3 Å². The van der Waals surface area contributed by atoms with Crippen molar-refractivity contribution in [3.63, 3.8) is 0 Å². The lowest BCUT2D eigenvalue weighted by Crippen LogP contribution is -2.24. The van der Waals surface area contributed by atoms with Gasteiger partial charge in [0.2, 0.25) is 0 Å². The molecule has 0 spiro atoms. The van der Waals surface area contributed by atoms with Gasteiger partial charge in [-0.05, 0) is 12.0 Å². The molecule has 1 aromatic heterocycles. The van der Waals surface area contributed by atoms with Gasteiger partial charge in [0.1, 0.15) is 0 Å². The average molecular weight is 163 g/mol. The quantitative estimate of drug-likeness (QED) is 0.624. The van der Waals surface area contributed by atoms with E-state index in [0.717, 1.165) is 5.69 Å². The number of nitrogens with one attached hydrogen (secondary N) is 1. The standard InChI is InChI=1S/C8H9N3O/c1-3-8(12)11(2)6-7-4-5-9-10-7/h1,4-5H,6H2,2H3,(H,9,10). The average Bonchev–Trinajstić information content (AvgIpc) is 2.55. The van der Waals surface area contributed by atoms with Crippen LogP contribution in [0.25, 0.3) is 0 Å². The van der Waals surface area contributed by atoms with Crippen LogP contribution in [0.15, 0.2) is 12.3 Å². The van der Waals surface area contributed by atoms with Gasteiger partial charge in [-0.1, -0.05) is 0 Å². The molecule has 0 aliphatic heterocycles. The number of carbonyl (C=O) groups excluding carboxylic acids is 1. The van der Waals surface area contributed by atoms with Crippen LogP contribution in [0.2, 0.25) is 0 Å². The van der Waals surface area contributed by atoms with E-state index in [-0.39, 0.29) is 5.91 Å². The second-order valence-corrected chi connectivity index (χ2v) is 2.39. The molecule has 0 aromatic carbocycles. The van der Waals surface area contributed by atoms with E-state index in [1.807, 2.05) is 5.92 Å². The second kappa shape index (κ2) is 3.58. The maximum Gasteiger partial charge on any atom is 0.298 e. The Morgan fingerprint density at radius 2 is 2.67 bits per heavy atom. The highest BCUT2D eigenvalue weighted by molar-refractivity contribution is 5.92. The van der Waals surface area contributed by atoms with Crippen LogP contribution in [0, 0.1) is 12.3 Å². The molecule has 4 nitrogen and oxygen atoms in total. The smallest absolute Gasteiger partial charge is 0.298 e. The van der Waals surface area contributed by atoms with Gasteiger partial charge >= 0.3 is 0 Å². The lowest BCUT2D eigenvalue weighted by molar-refractivity contribution is -0.124. The number of aromatic nitrogens is 2. The first-order chi connectivity index (χ1) is 5.74. The molecular weight excluding hydrogens is 154 g/mol. The van der Waals surface area contributed by atoms with Gasteiger partial charge < -0.3 is 4.90 Å². The van der Waals surface area contributed by atoms with Gasteiger partial charge in [0.15, 0.2) is 0 Å². The van der Waals surface area contributed by atoms with Crippen molar-refractivity contribution in [2.45, 2.75) is 6.54 Å². The molecule has 1 amide bonds. The fourth-order valence-electron chi connectivity index (χ4n) is 0.810. The van der Waals surface area contributed by atoms with Crippen LogP contribution in [0.4, 0.5) is 0 Å². The molecule has 0 saturated heterocycles. The molecule has 0 aliphatic rings. The summed E-state index contributed by atoms with van der Waals surface area (Å²) in [6.45, 7) is 0.461. The number of aromatic amines is 1. The Kier molecular flexibility index (Phi) is 2.49. The topological polar surface area (TPSA) is 49.0 Å². The number of terminal acetylenes is 1. The van der Waals surface area contributed by atoms with Gasteiger partial charge in [-0.2, -0.15) is 5.10 Å². The number of amides is 1. The number of carbonyl (C=O) groups is 1. The molecule has 0 bridgehead atoms. The van der Waals surface area contributed by atoms with Crippen LogP contribution in [-0.4, -0.2) is 28.1 Å². The summed E-state index contributed by atoms with van der Waals surface area (Å²) in [5.41, 5.74) is 0.862. The van der Waals surface area contributed by atoms with Crippen LogP contribution in [0.3, 0.4) is 0 Å². The Hall–Kier alpha value is -1.76. The van der Waals surface area contributed by atoms with Gasteiger partial charge in [0.25, 0.3) is 5.91 Å². The molecule has 0 unspecified atom stereocenters. The Morgan fingerprint density at radius 3 is 3.17 bits per heavy atom. The third-order valence-electron chi connectivity index (χ3n) is 1.44. The van der Waals surface area contributed by atoms with E-state index in [1.165, 1.54) is 4.90 Å². The normalized spacial score (nSPS) is 9.00. The Bertz CT molecular complexity index is 297. The molecule has 1 rings (SSSR count). The first-order valence-electron chi connectivity index (χ1n) is 3.44. The van der Waals surface area contributed by atoms with Gasteiger partial charge in [-0.15, -0.1) is 6.42 Å². The minimum Gasteiger partial charge on any atom is -0.329 e. The Morgan fingerprint density at radius 1 is 1.92 bits per heavy atom. The van der Waals surface area contributed by atoms with Crippen molar-refractivity contribution in [1.82, 2.24) is 15.1 Å². The summed E-state index contributed by atoms with van der Waals surface area (Å²) in [4.78, 5) is 12.3. The summed E-state index contributed by atoms with van der Waals surface area (Å²) in [5, 5.41) is 6.48. The fourth-order valence-corrected chi connectivity index (χ4v) is 0.810. The number of H-pyrrole nitrogens is 1. The van der Waals surface area contributed by atoms with Crippen molar-refractivity contribution >= 4 is 5.91 Å². The highest BCUT2D eigenvalue weighted by Crippen LogP contribution is 1.96. The zero-order chi connectivity index (χ0) is 8.97. The molecule has 4 heteroatoms. The van der Waals surface area contributed by atoms with Crippen LogP contribution >= 0.6 is 0 Å². The first-order valence-corrected chi connectivity index (χ1v) is 3.44. The lowest BCUT2D eigenvalue weighted by Gasteiger charge is -2.11. The highest BCUT2D eigenvalue weighted by Gasteiger charge is 2.05. The molecule has 12 heavy (non-hydrogen) atoms. The molecule has 0 radical (unpaired) electrons. The molecule has 0 fully saturated rings. The highest BCUT2D eigenvalue weighted by atomic mass is 16.2. The minimum absolute atomic E-state index is 0.329. The minimum atomic E-state index is -0.329. The van der Waals surface area contributed by atoms with Gasteiger partial charge in [0.05, 0.1) is 12.2 Å². The van der Waals surface area contributed by atoms with Crippen LogP contribution in [-0.2, 0) is 11.3 Å². The van der Waals surface area contributed by atoms with E-state index in [9.17, 15) is 4.79 Å². The number of rotatable bonds is 2. The molecule has 62 valence electrons. The molecule has 1 heterocycles. The summed E-state index contributed by atoms with van der Waals surface area (Å²) >= 11 is 0. The van der Waals surface area contributed by atoms with E-state index in [2.05, 4.69) is 10.2 Å². The lowest BCUT2D eigenvalue weighted by atomic mass is 10.4.